The van der Waals surface area contributed by atoms with Crippen molar-refractivity contribution in [1.82, 2.24) is 0 Å². The molecule has 4 atom stereocenters. The normalized spacial score (nSPS) is 14.0. The van der Waals surface area contributed by atoms with Crippen molar-refractivity contribution < 1.29 is 126 Å². The minimum absolute atomic E-state index is 0. The number of carbonyl (C=O) groups excluding carboxylic acids is 5. The molecule has 1 radical (unpaired) electrons. The summed E-state index contributed by atoms with van der Waals surface area (Å²) < 4.78 is 7.59. The molecule has 15 heteroatoms. The Morgan fingerprint density at radius 2 is 1.08 bits per heavy atom. The van der Waals surface area contributed by atoms with E-state index < -0.39 is 54.3 Å². The number of carbonyl (C=O) groups is 5. The summed E-state index contributed by atoms with van der Waals surface area (Å²) in [5, 5.41) is 46.2. The number of rotatable bonds is 6. The van der Waals surface area contributed by atoms with Crippen molar-refractivity contribution in [2.75, 3.05) is 0 Å². The first-order chi connectivity index (χ1) is 9.98. The van der Waals surface area contributed by atoms with Crippen LogP contribution in [0.2, 0.25) is 0 Å². The fourth-order valence-electron chi connectivity index (χ4n) is 0.938. The molecule has 0 aromatic heterocycles. The van der Waals surface area contributed by atoms with Gasteiger partial charge in [0.2, 0.25) is 0 Å². The summed E-state index contributed by atoms with van der Waals surface area (Å²) in [7, 11) is 0. The summed E-state index contributed by atoms with van der Waals surface area (Å²) in [4.78, 5) is 53.8. The maximum Gasteiger partial charge on any atom is 1.00 e. The largest absolute Gasteiger partial charge is 1.00 e. The van der Waals surface area contributed by atoms with Crippen molar-refractivity contribution in [1.29, 1.82) is 0 Å². The maximum atomic E-state index is 11.2. The number of ether oxygens (including phenoxy) is 2. The van der Waals surface area contributed by atoms with Crippen LogP contribution in [0.4, 0.5) is 0 Å². The summed E-state index contributed by atoms with van der Waals surface area (Å²) in [5.41, 5.74) is 0. The number of aliphatic carboxylic acids is 1. The van der Waals surface area contributed by atoms with E-state index in [1.807, 2.05) is 0 Å². The standard InChI is InChI=1S/C10H12O12.Cu.Li.Na.H/c1-2(11)21-8(18)5(14)6(15)10(20)22-9(19)4(13)3(12)7(16)17;;;;/h3-6,12-15H,1H3,(H,16,17);;;;/q;;2*+1;-1/p-1. The van der Waals surface area contributed by atoms with Crippen molar-refractivity contribution >= 4 is 29.8 Å². The van der Waals surface area contributed by atoms with Crippen molar-refractivity contribution in [2.24, 2.45) is 0 Å². The van der Waals surface area contributed by atoms with E-state index in [9.17, 15) is 34.2 Å². The zero-order valence-corrected chi connectivity index (χ0v) is 16.1. The molecule has 0 aromatic rings. The monoisotopic (exact) mass is 417 g/mol. The van der Waals surface area contributed by atoms with Crippen LogP contribution in [0, 0.1) is 0 Å². The van der Waals surface area contributed by atoms with Crippen LogP contribution in [0.15, 0.2) is 0 Å². The van der Waals surface area contributed by atoms with Gasteiger partial charge in [-0.05, 0) is 0 Å². The number of esters is 4. The molecule has 0 aliphatic rings. The Hall–Kier alpha value is -0.293. The van der Waals surface area contributed by atoms with Crippen molar-refractivity contribution in [3.8, 4) is 0 Å². The second kappa shape index (κ2) is 14.8. The molecule has 4 N–H and O–H groups in total. The van der Waals surface area contributed by atoms with Crippen LogP contribution in [0.3, 0.4) is 0 Å². The van der Waals surface area contributed by atoms with Gasteiger partial charge < -0.3 is 41.2 Å². The molecule has 12 nitrogen and oxygen atoms in total. The van der Waals surface area contributed by atoms with E-state index in [1.165, 1.54) is 0 Å². The molecule has 0 aliphatic carbocycles. The van der Waals surface area contributed by atoms with E-state index in [2.05, 4.69) is 9.47 Å². The summed E-state index contributed by atoms with van der Waals surface area (Å²) >= 11 is 0. The van der Waals surface area contributed by atoms with E-state index in [0.29, 0.717) is 0 Å². The van der Waals surface area contributed by atoms with Crippen LogP contribution in [-0.4, -0.2) is 74.7 Å². The molecule has 0 fully saturated rings. The van der Waals surface area contributed by atoms with Crippen LogP contribution in [0.1, 0.15) is 8.35 Å². The quantitative estimate of drug-likeness (QED) is 0.180. The average Bonchev–Trinajstić information content (AvgIpc) is 2.42. The molecular weight excluding hydrogens is 406 g/mol. The molecule has 0 saturated heterocycles. The number of carboxylic acid groups (broad SMARTS) is 1. The molecule has 25 heavy (non-hydrogen) atoms. The van der Waals surface area contributed by atoms with Crippen LogP contribution >= 0.6 is 0 Å². The number of aliphatic hydroxyl groups excluding tert-OH is 4. The molecule has 0 spiro atoms. The number of hydrogen-bond donors (Lipinski definition) is 4. The summed E-state index contributed by atoms with van der Waals surface area (Å²) in [6.45, 7) is 0.788. The van der Waals surface area contributed by atoms with E-state index >= 15 is 0 Å². The van der Waals surface area contributed by atoms with Gasteiger partial charge in [0.15, 0.2) is 18.3 Å². The summed E-state index contributed by atoms with van der Waals surface area (Å²) in [6, 6.07) is 0. The number of hydrogen-bond acceptors (Lipinski definition) is 12. The smallest absolute Gasteiger partial charge is 1.00 e. The molecule has 0 bridgehead atoms. The average molecular weight is 418 g/mol. The SMILES string of the molecule is CC(=O)OC(=O)C(O)C(O)C(=O)OC(=O)C(O)C(O)C(=O)[O-].[Cu].[H-].[Li+].[Na+]. The molecule has 0 amide bonds. The molecule has 0 saturated carbocycles. The third kappa shape index (κ3) is 11.1. The van der Waals surface area contributed by atoms with Crippen LogP contribution in [-0.2, 0) is 50.5 Å². The van der Waals surface area contributed by atoms with Gasteiger partial charge in [-0.1, -0.05) is 0 Å². The predicted octanol–water partition coefficient (Wildman–Crippen LogP) is -11.5. The van der Waals surface area contributed by atoms with E-state index in [0.717, 1.165) is 6.92 Å². The Kier molecular flexibility index (Phi) is 19.2. The van der Waals surface area contributed by atoms with Crippen molar-refractivity contribution in [3.63, 3.8) is 0 Å². The number of aliphatic hydroxyl groups is 4. The summed E-state index contributed by atoms with van der Waals surface area (Å²) in [5.74, 6) is -9.09. The van der Waals surface area contributed by atoms with Crippen molar-refractivity contribution in [2.45, 2.75) is 31.3 Å². The zero-order chi connectivity index (χ0) is 17.6. The Balaban J connectivity index is -0.000000367. The fourth-order valence-corrected chi connectivity index (χ4v) is 0.938. The third-order valence-electron chi connectivity index (χ3n) is 2.01. The minimum Gasteiger partial charge on any atom is -1.00 e. The van der Waals surface area contributed by atoms with E-state index in [-0.39, 0.29) is 66.9 Å². The fraction of sp³-hybridized carbons (Fsp3) is 0.500. The van der Waals surface area contributed by atoms with Crippen LogP contribution in [0.5, 0.6) is 0 Å². The van der Waals surface area contributed by atoms with Gasteiger partial charge in [-0.25, -0.2) is 14.4 Å². The first-order valence-corrected chi connectivity index (χ1v) is 5.40. The second-order valence-electron chi connectivity index (χ2n) is 3.75. The first kappa shape index (κ1) is 32.4. The van der Waals surface area contributed by atoms with Crippen molar-refractivity contribution in [3.05, 3.63) is 0 Å². The van der Waals surface area contributed by atoms with Gasteiger partial charge in [0.05, 0.1) is 5.97 Å². The van der Waals surface area contributed by atoms with Gasteiger partial charge >= 0.3 is 72.3 Å². The van der Waals surface area contributed by atoms with Crippen LogP contribution < -0.4 is 53.5 Å². The third-order valence-corrected chi connectivity index (χ3v) is 2.01. The number of carboxylic acids is 1. The summed E-state index contributed by atoms with van der Waals surface area (Å²) in [6.07, 6.45) is -10.7. The Bertz CT molecular complexity index is 506. The Morgan fingerprint density at radius 3 is 1.36 bits per heavy atom. The first-order valence-electron chi connectivity index (χ1n) is 5.40. The van der Waals surface area contributed by atoms with Crippen LogP contribution in [0.25, 0.3) is 0 Å². The Morgan fingerprint density at radius 1 is 0.800 bits per heavy atom. The topological polar surface area (TPSA) is 208 Å². The minimum atomic E-state index is -2.72. The van der Waals surface area contributed by atoms with E-state index in [1.54, 1.807) is 0 Å². The molecule has 0 heterocycles. The molecule has 0 aliphatic heterocycles. The van der Waals surface area contributed by atoms with Gasteiger partial charge in [-0.3, -0.25) is 4.79 Å². The molecular formula is C10H12CuLiNaO12. The molecule has 0 rings (SSSR count). The van der Waals surface area contributed by atoms with Gasteiger partial charge in [0.25, 0.3) is 0 Å². The Labute approximate surface area is 186 Å². The van der Waals surface area contributed by atoms with E-state index in [4.69, 9.17) is 15.3 Å². The van der Waals surface area contributed by atoms with Gasteiger partial charge in [-0.2, -0.15) is 0 Å². The van der Waals surface area contributed by atoms with Gasteiger partial charge in [0, 0.05) is 24.0 Å². The predicted molar refractivity (Wildman–Crippen MR) is 58.0 cm³/mol. The molecule has 4 unspecified atom stereocenters. The van der Waals surface area contributed by atoms with Gasteiger partial charge in [0.1, 0.15) is 6.10 Å². The molecule has 0 aromatic carbocycles. The molecule has 137 valence electrons. The van der Waals surface area contributed by atoms with Gasteiger partial charge in [-0.15, -0.1) is 0 Å². The maximum absolute atomic E-state index is 11.2. The second-order valence-corrected chi connectivity index (χ2v) is 3.75. The zero-order valence-electron chi connectivity index (χ0n) is 14.2.